The molecule has 0 bridgehead atoms. The molecule has 0 aliphatic carbocycles. The second kappa shape index (κ2) is 4.11. The summed E-state index contributed by atoms with van der Waals surface area (Å²) in [5, 5.41) is 9.88. The molecule has 1 saturated heterocycles. The summed E-state index contributed by atoms with van der Waals surface area (Å²) in [6, 6.07) is 11.9. The van der Waals surface area contributed by atoms with Crippen molar-refractivity contribution >= 4 is 22.5 Å². The zero-order valence-electron chi connectivity index (χ0n) is 9.71. The van der Waals surface area contributed by atoms with Crippen LogP contribution in [-0.2, 0) is 4.79 Å². The van der Waals surface area contributed by atoms with E-state index in [0.717, 1.165) is 16.6 Å². The number of nitrogens with zero attached hydrogens (tertiary/aromatic N) is 3. The Morgan fingerprint density at radius 3 is 3.00 bits per heavy atom. The van der Waals surface area contributed by atoms with Crippen LogP contribution in [-0.4, -0.2) is 17.4 Å². The minimum Gasteiger partial charge on any atom is -0.310 e. The van der Waals surface area contributed by atoms with Gasteiger partial charge in [0, 0.05) is 18.4 Å². The highest BCUT2D eigenvalue weighted by Crippen LogP contribution is 2.26. The molecular formula is C14H11N3O. The van der Waals surface area contributed by atoms with Gasteiger partial charge < -0.3 is 4.90 Å². The molecule has 0 N–H and O–H groups in total. The number of nitriles is 1. The molecule has 18 heavy (non-hydrogen) atoms. The number of carbonyl (C=O) groups excluding carboxylic acids is 1. The molecule has 3 rings (SSSR count). The first-order valence-corrected chi connectivity index (χ1v) is 5.83. The van der Waals surface area contributed by atoms with Crippen molar-refractivity contribution in [3.8, 4) is 6.07 Å². The summed E-state index contributed by atoms with van der Waals surface area (Å²) in [6.45, 7) is 0.468. The van der Waals surface area contributed by atoms with E-state index in [1.54, 1.807) is 11.1 Å². The lowest BCUT2D eigenvalue weighted by Gasteiger charge is -2.15. The average molecular weight is 237 g/mol. The van der Waals surface area contributed by atoms with Gasteiger partial charge in [-0.25, -0.2) is 0 Å². The summed E-state index contributed by atoms with van der Waals surface area (Å²) in [5.74, 6) is -0.206. The van der Waals surface area contributed by atoms with Crippen molar-refractivity contribution in [3.63, 3.8) is 0 Å². The minimum atomic E-state index is -0.205. The minimum absolute atomic E-state index is 0.00127. The molecule has 0 spiro atoms. The molecule has 4 heteroatoms. The first kappa shape index (κ1) is 10.7. The Kier molecular flexibility index (Phi) is 2.45. The van der Waals surface area contributed by atoms with E-state index < -0.39 is 0 Å². The van der Waals surface area contributed by atoms with Crippen LogP contribution in [0.25, 0.3) is 10.9 Å². The molecule has 1 unspecified atom stereocenters. The van der Waals surface area contributed by atoms with Crippen LogP contribution in [0.5, 0.6) is 0 Å². The zero-order chi connectivity index (χ0) is 12.5. The Balaban J connectivity index is 2.00. The van der Waals surface area contributed by atoms with Crippen molar-refractivity contribution < 1.29 is 4.79 Å². The first-order valence-electron chi connectivity index (χ1n) is 5.83. The van der Waals surface area contributed by atoms with Gasteiger partial charge in [0.1, 0.15) is 0 Å². The Morgan fingerprint density at radius 2 is 2.22 bits per heavy atom. The molecule has 2 heterocycles. The maximum atomic E-state index is 11.8. The molecule has 88 valence electrons. The molecule has 1 aromatic carbocycles. The van der Waals surface area contributed by atoms with Gasteiger partial charge in [-0.15, -0.1) is 0 Å². The Hall–Kier alpha value is -2.41. The predicted molar refractivity (Wildman–Crippen MR) is 67.8 cm³/mol. The molecule has 2 aromatic rings. The van der Waals surface area contributed by atoms with Gasteiger partial charge in [-0.05, 0) is 12.1 Å². The molecular weight excluding hydrogens is 226 g/mol. The summed E-state index contributed by atoms with van der Waals surface area (Å²) >= 11 is 0. The van der Waals surface area contributed by atoms with E-state index in [0.29, 0.717) is 13.0 Å². The molecule has 1 aromatic heterocycles. The highest BCUT2D eigenvalue weighted by Gasteiger charge is 2.30. The maximum Gasteiger partial charge on any atom is 0.228 e. The normalized spacial score (nSPS) is 19.2. The molecule has 0 radical (unpaired) electrons. The van der Waals surface area contributed by atoms with Gasteiger partial charge in [0.15, 0.2) is 0 Å². The standard InChI is InChI=1S/C14H11N3O/c15-7-10-5-14(18)17(9-10)12-6-11-3-1-2-4-13(11)16-8-12/h1-4,6,8,10H,5,9H2. The van der Waals surface area contributed by atoms with E-state index in [-0.39, 0.29) is 11.8 Å². The highest BCUT2D eigenvalue weighted by atomic mass is 16.2. The van der Waals surface area contributed by atoms with Crippen molar-refractivity contribution in [1.82, 2.24) is 4.98 Å². The van der Waals surface area contributed by atoms with Gasteiger partial charge in [-0.1, -0.05) is 18.2 Å². The van der Waals surface area contributed by atoms with Crippen LogP contribution in [0.15, 0.2) is 36.5 Å². The van der Waals surface area contributed by atoms with Crippen molar-refractivity contribution in [2.24, 2.45) is 5.92 Å². The lowest BCUT2D eigenvalue weighted by molar-refractivity contribution is -0.117. The number of anilines is 1. The van der Waals surface area contributed by atoms with E-state index in [1.165, 1.54) is 0 Å². The van der Waals surface area contributed by atoms with Gasteiger partial charge in [-0.3, -0.25) is 9.78 Å². The van der Waals surface area contributed by atoms with Gasteiger partial charge in [0.25, 0.3) is 0 Å². The van der Waals surface area contributed by atoms with E-state index >= 15 is 0 Å². The van der Waals surface area contributed by atoms with Crippen LogP contribution < -0.4 is 4.90 Å². The number of para-hydroxylation sites is 1. The van der Waals surface area contributed by atoms with E-state index in [2.05, 4.69) is 11.1 Å². The zero-order valence-corrected chi connectivity index (χ0v) is 9.71. The number of pyridine rings is 1. The van der Waals surface area contributed by atoms with Gasteiger partial charge >= 0.3 is 0 Å². The number of hydrogen-bond acceptors (Lipinski definition) is 3. The molecule has 0 saturated carbocycles. The van der Waals surface area contributed by atoms with Crippen LogP contribution in [0.2, 0.25) is 0 Å². The number of aromatic nitrogens is 1. The average Bonchev–Trinajstić information content (AvgIpc) is 2.79. The van der Waals surface area contributed by atoms with Gasteiger partial charge in [0.05, 0.1) is 29.4 Å². The number of hydrogen-bond donors (Lipinski definition) is 0. The number of carbonyl (C=O) groups is 1. The number of fused-ring (bicyclic) bond motifs is 1. The fourth-order valence-corrected chi connectivity index (χ4v) is 2.25. The third-order valence-corrected chi connectivity index (χ3v) is 3.20. The molecule has 1 aliphatic heterocycles. The second-order valence-corrected chi connectivity index (χ2v) is 4.42. The van der Waals surface area contributed by atoms with Crippen LogP contribution in [0.1, 0.15) is 6.42 Å². The Morgan fingerprint density at radius 1 is 1.39 bits per heavy atom. The maximum absolute atomic E-state index is 11.8. The first-order chi connectivity index (χ1) is 8.78. The van der Waals surface area contributed by atoms with E-state index in [1.807, 2.05) is 30.3 Å². The lowest BCUT2D eigenvalue weighted by atomic mass is 10.1. The third-order valence-electron chi connectivity index (χ3n) is 3.20. The lowest BCUT2D eigenvalue weighted by Crippen LogP contribution is -2.24. The Bertz CT molecular complexity index is 659. The largest absolute Gasteiger partial charge is 0.310 e. The molecule has 1 amide bonds. The number of rotatable bonds is 1. The Labute approximate surface area is 104 Å². The van der Waals surface area contributed by atoms with Crippen LogP contribution in [0.4, 0.5) is 5.69 Å². The summed E-state index contributed by atoms with van der Waals surface area (Å²) in [4.78, 5) is 17.8. The van der Waals surface area contributed by atoms with Crippen molar-refractivity contribution in [2.45, 2.75) is 6.42 Å². The molecule has 1 fully saturated rings. The number of benzene rings is 1. The fourth-order valence-electron chi connectivity index (χ4n) is 2.25. The van der Waals surface area contributed by atoms with E-state index in [9.17, 15) is 4.79 Å². The monoisotopic (exact) mass is 237 g/mol. The van der Waals surface area contributed by atoms with Crippen molar-refractivity contribution in [2.75, 3.05) is 11.4 Å². The van der Waals surface area contributed by atoms with Crippen molar-refractivity contribution in [3.05, 3.63) is 36.5 Å². The highest BCUT2D eigenvalue weighted by molar-refractivity contribution is 5.97. The van der Waals surface area contributed by atoms with Crippen LogP contribution in [0.3, 0.4) is 0 Å². The van der Waals surface area contributed by atoms with Crippen LogP contribution in [0, 0.1) is 17.2 Å². The second-order valence-electron chi connectivity index (χ2n) is 4.42. The number of amides is 1. The predicted octanol–water partition coefficient (Wildman–Crippen LogP) is 2.11. The summed E-state index contributed by atoms with van der Waals surface area (Å²) < 4.78 is 0. The molecule has 1 aliphatic rings. The topological polar surface area (TPSA) is 57.0 Å². The summed E-state index contributed by atoms with van der Waals surface area (Å²) in [7, 11) is 0. The van der Waals surface area contributed by atoms with Gasteiger partial charge in [0.2, 0.25) is 5.91 Å². The smallest absolute Gasteiger partial charge is 0.228 e. The van der Waals surface area contributed by atoms with Crippen LogP contribution >= 0.6 is 0 Å². The third kappa shape index (κ3) is 1.70. The van der Waals surface area contributed by atoms with E-state index in [4.69, 9.17) is 5.26 Å². The van der Waals surface area contributed by atoms with Gasteiger partial charge in [-0.2, -0.15) is 5.26 Å². The fraction of sp³-hybridized carbons (Fsp3) is 0.214. The quantitative estimate of drug-likeness (QED) is 0.763. The SMILES string of the molecule is N#CC1CC(=O)N(c2cnc3ccccc3c2)C1. The summed E-state index contributed by atoms with van der Waals surface area (Å²) in [6.07, 6.45) is 2.00. The van der Waals surface area contributed by atoms with Crippen molar-refractivity contribution in [1.29, 1.82) is 5.26 Å². The molecule has 4 nitrogen and oxygen atoms in total. The molecule has 1 atom stereocenters. The summed E-state index contributed by atoms with van der Waals surface area (Å²) in [5.41, 5.74) is 1.68.